The monoisotopic (exact) mass is 703 g/mol. The lowest BCUT2D eigenvalue weighted by Crippen LogP contribution is -2.11. The first kappa shape index (κ1) is 31.1. The Morgan fingerprint density at radius 3 is 2.05 bits per heavy atom. The lowest BCUT2D eigenvalue weighted by atomic mass is 10.00. The Bertz CT molecular complexity index is 3210. The second kappa shape index (κ2) is 12.6. The van der Waals surface area contributed by atoms with Crippen LogP contribution in [0.2, 0.25) is 0 Å². The van der Waals surface area contributed by atoms with Crippen molar-refractivity contribution in [1.29, 1.82) is 0 Å². The molecule has 11 rings (SSSR count). The molecule has 0 amide bonds. The molecule has 0 unspecified atom stereocenters. The fourth-order valence-electron chi connectivity index (χ4n) is 8.42. The average Bonchev–Trinajstić information content (AvgIpc) is 3.80. The van der Waals surface area contributed by atoms with Crippen LogP contribution in [0.1, 0.15) is 0 Å². The van der Waals surface area contributed by atoms with Crippen LogP contribution in [0.4, 0.5) is 17.1 Å². The van der Waals surface area contributed by atoms with Gasteiger partial charge in [-0.3, -0.25) is 4.98 Å². The van der Waals surface area contributed by atoms with Gasteiger partial charge >= 0.3 is 0 Å². The number of anilines is 3. The molecule has 3 heterocycles. The fourth-order valence-corrected chi connectivity index (χ4v) is 8.42. The first-order valence-corrected chi connectivity index (χ1v) is 18.6. The molecular weight excluding hydrogens is 671 g/mol. The second-order valence-electron chi connectivity index (χ2n) is 14.0. The first-order chi connectivity index (χ1) is 27.3. The maximum atomic E-state index is 6.19. The van der Waals surface area contributed by atoms with Crippen molar-refractivity contribution >= 4 is 71.6 Å². The van der Waals surface area contributed by atoms with E-state index in [2.05, 4.69) is 196 Å². The summed E-state index contributed by atoms with van der Waals surface area (Å²) in [7, 11) is 0. The number of para-hydroxylation sites is 3. The van der Waals surface area contributed by atoms with Gasteiger partial charge in [0.05, 0.1) is 28.6 Å². The van der Waals surface area contributed by atoms with E-state index in [0.29, 0.717) is 0 Å². The number of fused-ring (bicyclic) bond motifs is 8. The molecule has 0 saturated heterocycles. The van der Waals surface area contributed by atoms with Crippen molar-refractivity contribution in [3.05, 3.63) is 200 Å². The predicted molar refractivity (Wildman–Crippen MR) is 229 cm³/mol. The van der Waals surface area contributed by atoms with Crippen molar-refractivity contribution in [2.75, 3.05) is 4.90 Å². The molecule has 0 radical (unpaired) electrons. The van der Waals surface area contributed by atoms with Crippen LogP contribution in [0.3, 0.4) is 0 Å². The van der Waals surface area contributed by atoms with E-state index in [0.717, 1.165) is 61.4 Å². The quantitative estimate of drug-likeness (QED) is 0.173. The second-order valence-corrected chi connectivity index (χ2v) is 14.0. The van der Waals surface area contributed by atoms with Crippen LogP contribution in [-0.2, 0) is 0 Å². The van der Waals surface area contributed by atoms with Gasteiger partial charge in [-0.15, -0.1) is 0 Å². The topological polar surface area (TPSA) is 34.2 Å². The third kappa shape index (κ3) is 5.03. The maximum absolute atomic E-state index is 6.19. The summed E-state index contributed by atoms with van der Waals surface area (Å²) >= 11 is 0. The molecule has 0 saturated carbocycles. The highest BCUT2D eigenvalue weighted by Crippen LogP contribution is 2.44. The summed E-state index contributed by atoms with van der Waals surface area (Å²) in [5, 5.41) is 7.16. The zero-order valence-corrected chi connectivity index (χ0v) is 29.8. The average molecular weight is 704 g/mol. The van der Waals surface area contributed by atoms with Crippen molar-refractivity contribution in [2.45, 2.75) is 0 Å². The third-order valence-corrected chi connectivity index (χ3v) is 10.9. The Labute approximate surface area is 317 Å². The van der Waals surface area contributed by atoms with Gasteiger partial charge in [-0.1, -0.05) is 127 Å². The van der Waals surface area contributed by atoms with Gasteiger partial charge in [-0.2, -0.15) is 0 Å². The highest BCUT2D eigenvalue weighted by molar-refractivity contribution is 6.21. The van der Waals surface area contributed by atoms with E-state index in [9.17, 15) is 0 Å². The van der Waals surface area contributed by atoms with E-state index in [1.165, 1.54) is 38.1 Å². The molecule has 0 fully saturated rings. The van der Waals surface area contributed by atoms with E-state index in [-0.39, 0.29) is 0 Å². The molecule has 0 aliphatic rings. The molecule has 11 aromatic rings. The fraction of sp³-hybridized carbons (Fsp3) is 0. The molecule has 8 aromatic carbocycles. The summed E-state index contributed by atoms with van der Waals surface area (Å²) in [4.78, 5) is 6.65. The number of furan rings is 1. The highest BCUT2D eigenvalue weighted by Gasteiger charge is 2.21. The highest BCUT2D eigenvalue weighted by atomic mass is 16.3. The number of aromatic nitrogens is 2. The molecule has 258 valence electrons. The number of benzene rings is 8. The van der Waals surface area contributed by atoms with Crippen molar-refractivity contribution in [3.8, 4) is 27.9 Å². The molecule has 0 aliphatic heterocycles. The first-order valence-electron chi connectivity index (χ1n) is 18.6. The van der Waals surface area contributed by atoms with Gasteiger partial charge in [-0.25, -0.2) is 0 Å². The van der Waals surface area contributed by atoms with Crippen LogP contribution in [0.5, 0.6) is 0 Å². The van der Waals surface area contributed by atoms with Gasteiger partial charge in [0.2, 0.25) is 0 Å². The van der Waals surface area contributed by atoms with E-state index in [4.69, 9.17) is 4.42 Å². The van der Waals surface area contributed by atoms with E-state index >= 15 is 0 Å². The SMILES string of the molecule is c1ccc(-c2ccccc2N(c2ccc(-c3ccccc3-n3c4ccccc4c4c5ccccc5ccc43)cc2)c2ccc3oc4cnccc4c3c2)cc1. The van der Waals surface area contributed by atoms with Crippen LogP contribution in [-0.4, -0.2) is 9.55 Å². The molecule has 55 heavy (non-hydrogen) atoms. The summed E-state index contributed by atoms with van der Waals surface area (Å²) in [6.45, 7) is 0. The zero-order valence-electron chi connectivity index (χ0n) is 29.8. The van der Waals surface area contributed by atoms with Crippen LogP contribution in [0.15, 0.2) is 205 Å². The van der Waals surface area contributed by atoms with Gasteiger partial charge in [0.1, 0.15) is 5.58 Å². The molecule has 3 aromatic heterocycles. The van der Waals surface area contributed by atoms with Crippen LogP contribution < -0.4 is 4.90 Å². The Morgan fingerprint density at radius 1 is 0.455 bits per heavy atom. The molecule has 0 spiro atoms. The Balaban J connectivity index is 1.09. The molecule has 0 aliphatic carbocycles. The standard InChI is InChI=1S/C51H33N3O/c1-2-12-34(13-3-1)39-15-6-9-19-45(39)53(38-27-29-49-44(32-38)42-30-31-52-33-50(42)55-49)37-25-22-36(23-26-37)40-16-7-10-20-46(40)54-47-21-11-8-18-43(47)51-41-17-5-4-14-35(41)24-28-48(51)54/h1-33H. The van der Waals surface area contributed by atoms with Gasteiger partial charge in [0.25, 0.3) is 0 Å². The third-order valence-electron chi connectivity index (χ3n) is 10.9. The summed E-state index contributed by atoms with van der Waals surface area (Å²) < 4.78 is 8.62. The summed E-state index contributed by atoms with van der Waals surface area (Å²) in [6.07, 6.45) is 3.61. The lowest BCUT2D eigenvalue weighted by Gasteiger charge is -2.28. The molecule has 4 heteroatoms. The minimum atomic E-state index is 0.783. The van der Waals surface area contributed by atoms with Crippen molar-refractivity contribution < 1.29 is 4.42 Å². The Kier molecular flexibility index (Phi) is 7.14. The molecule has 0 N–H and O–H groups in total. The normalized spacial score (nSPS) is 11.6. The molecule has 0 atom stereocenters. The molecule has 0 bridgehead atoms. The Morgan fingerprint density at radius 2 is 1.16 bits per heavy atom. The zero-order chi connectivity index (χ0) is 36.3. The van der Waals surface area contributed by atoms with Crippen LogP contribution in [0, 0.1) is 0 Å². The summed E-state index contributed by atoms with van der Waals surface area (Å²) in [5.74, 6) is 0. The van der Waals surface area contributed by atoms with Gasteiger partial charge in [-0.05, 0) is 82.6 Å². The van der Waals surface area contributed by atoms with E-state index < -0.39 is 0 Å². The predicted octanol–water partition coefficient (Wildman–Crippen LogP) is 14.0. The minimum absolute atomic E-state index is 0.783. The molecular formula is C51H33N3O. The van der Waals surface area contributed by atoms with Crippen molar-refractivity contribution in [3.63, 3.8) is 0 Å². The summed E-state index contributed by atoms with van der Waals surface area (Å²) in [6, 6.07) is 67.5. The lowest BCUT2D eigenvalue weighted by molar-refractivity contribution is 0.667. The number of hydrogen-bond donors (Lipinski definition) is 0. The van der Waals surface area contributed by atoms with Crippen LogP contribution in [0.25, 0.3) is 82.5 Å². The van der Waals surface area contributed by atoms with E-state index in [1.54, 1.807) is 6.20 Å². The van der Waals surface area contributed by atoms with Crippen molar-refractivity contribution in [2.24, 2.45) is 0 Å². The largest absolute Gasteiger partial charge is 0.454 e. The van der Waals surface area contributed by atoms with E-state index in [1.807, 2.05) is 12.3 Å². The minimum Gasteiger partial charge on any atom is -0.454 e. The smallest absolute Gasteiger partial charge is 0.153 e. The van der Waals surface area contributed by atoms with Gasteiger partial charge in [0.15, 0.2) is 5.58 Å². The van der Waals surface area contributed by atoms with Gasteiger partial charge < -0.3 is 13.9 Å². The number of nitrogens with zero attached hydrogens (tertiary/aromatic N) is 3. The summed E-state index contributed by atoms with van der Waals surface area (Å²) in [5.41, 5.74) is 13.0. The van der Waals surface area contributed by atoms with Gasteiger partial charge in [0, 0.05) is 50.2 Å². The Hall–Kier alpha value is -7.43. The van der Waals surface area contributed by atoms with Crippen molar-refractivity contribution in [1.82, 2.24) is 9.55 Å². The van der Waals surface area contributed by atoms with Crippen LogP contribution >= 0.6 is 0 Å². The number of rotatable bonds is 6. The molecule has 4 nitrogen and oxygen atoms in total. The maximum Gasteiger partial charge on any atom is 0.153 e. The number of hydrogen-bond acceptors (Lipinski definition) is 3. The number of pyridine rings is 1.